The van der Waals surface area contributed by atoms with Crippen molar-refractivity contribution in [1.82, 2.24) is 14.7 Å². The van der Waals surface area contributed by atoms with Gasteiger partial charge >= 0.3 is 0 Å². The van der Waals surface area contributed by atoms with Crippen molar-refractivity contribution in [1.29, 1.82) is 0 Å². The number of hydrogen-bond acceptors (Lipinski definition) is 5. The smallest absolute Gasteiger partial charge is 0.264 e. The maximum atomic E-state index is 12.8. The van der Waals surface area contributed by atoms with Crippen LogP contribution in [-0.4, -0.2) is 78.2 Å². The highest BCUT2D eigenvalue weighted by Crippen LogP contribution is 2.21. The molecule has 3 heterocycles. The van der Waals surface area contributed by atoms with Crippen LogP contribution in [0.2, 0.25) is 0 Å². The van der Waals surface area contributed by atoms with E-state index in [2.05, 4.69) is 10.2 Å². The number of aryl methyl sites for hydroxylation is 1. The highest BCUT2D eigenvalue weighted by atomic mass is 32.1. The molecule has 0 atom stereocenters. The zero-order chi connectivity index (χ0) is 22.5. The zero-order valence-corrected chi connectivity index (χ0v) is 19.3. The number of thiophene rings is 1. The molecule has 0 aliphatic carbocycles. The van der Waals surface area contributed by atoms with E-state index >= 15 is 0 Å². The van der Waals surface area contributed by atoms with Crippen LogP contribution in [0.3, 0.4) is 0 Å². The largest absolute Gasteiger partial charge is 0.342 e. The summed E-state index contributed by atoms with van der Waals surface area (Å²) in [5, 5.41) is 2.97. The number of likely N-dealkylation sites (tertiary alicyclic amines) is 1. The monoisotopic (exact) mass is 454 g/mol. The SMILES string of the molecule is Cc1ccc(C(=O)N2CCN(CC(=O)N3CCC(C(=O)Nc4ccccc4)CC3)CC2)s1. The second-order valence-electron chi connectivity index (χ2n) is 8.49. The molecule has 32 heavy (non-hydrogen) atoms. The molecule has 0 radical (unpaired) electrons. The van der Waals surface area contributed by atoms with Gasteiger partial charge in [-0.2, -0.15) is 0 Å². The predicted octanol–water partition coefficient (Wildman–Crippen LogP) is 2.69. The molecule has 8 heteroatoms. The summed E-state index contributed by atoms with van der Waals surface area (Å²) in [6.07, 6.45) is 1.37. The van der Waals surface area contributed by atoms with Gasteiger partial charge in [0.25, 0.3) is 5.91 Å². The Hall–Kier alpha value is -2.71. The van der Waals surface area contributed by atoms with E-state index < -0.39 is 0 Å². The molecule has 0 bridgehead atoms. The maximum Gasteiger partial charge on any atom is 0.264 e. The van der Waals surface area contributed by atoms with Crippen LogP contribution in [0.4, 0.5) is 5.69 Å². The van der Waals surface area contributed by atoms with Gasteiger partial charge < -0.3 is 15.1 Å². The van der Waals surface area contributed by atoms with Gasteiger partial charge in [0.2, 0.25) is 11.8 Å². The minimum atomic E-state index is -0.0605. The zero-order valence-electron chi connectivity index (χ0n) is 18.5. The lowest BCUT2D eigenvalue weighted by Crippen LogP contribution is -2.52. The Morgan fingerprint density at radius 2 is 1.59 bits per heavy atom. The van der Waals surface area contributed by atoms with Crippen LogP contribution in [0, 0.1) is 12.8 Å². The lowest BCUT2D eigenvalue weighted by atomic mass is 9.95. The van der Waals surface area contributed by atoms with Gasteiger partial charge in [0, 0.05) is 55.8 Å². The molecule has 170 valence electrons. The van der Waals surface area contributed by atoms with Gasteiger partial charge in [0.15, 0.2) is 0 Å². The van der Waals surface area contributed by atoms with Crippen LogP contribution in [0.5, 0.6) is 0 Å². The fourth-order valence-electron chi connectivity index (χ4n) is 4.26. The van der Waals surface area contributed by atoms with E-state index in [0.717, 1.165) is 15.4 Å². The van der Waals surface area contributed by atoms with Gasteiger partial charge in [0.1, 0.15) is 0 Å². The van der Waals surface area contributed by atoms with Crippen LogP contribution in [-0.2, 0) is 9.59 Å². The highest BCUT2D eigenvalue weighted by molar-refractivity contribution is 7.13. The first kappa shape index (κ1) is 22.5. The number of rotatable bonds is 5. The number of piperidine rings is 1. The van der Waals surface area contributed by atoms with E-state index in [4.69, 9.17) is 0 Å². The van der Waals surface area contributed by atoms with Crippen molar-refractivity contribution in [2.45, 2.75) is 19.8 Å². The Labute approximate surface area is 193 Å². The van der Waals surface area contributed by atoms with Crippen molar-refractivity contribution in [3.8, 4) is 0 Å². The number of carbonyl (C=O) groups excluding carboxylic acids is 3. The first-order valence-electron chi connectivity index (χ1n) is 11.2. The maximum absolute atomic E-state index is 12.8. The van der Waals surface area contributed by atoms with Crippen LogP contribution in [0.1, 0.15) is 27.4 Å². The number of piperazine rings is 1. The number of nitrogens with zero attached hydrogens (tertiary/aromatic N) is 3. The first-order valence-corrected chi connectivity index (χ1v) is 12.0. The van der Waals surface area contributed by atoms with Gasteiger partial charge in [0.05, 0.1) is 11.4 Å². The summed E-state index contributed by atoms with van der Waals surface area (Å²) in [5.74, 6) is 0.172. The third-order valence-electron chi connectivity index (χ3n) is 6.23. The minimum absolute atomic E-state index is 0.0324. The lowest BCUT2D eigenvalue weighted by molar-refractivity contribution is -0.135. The molecule has 2 aliphatic rings. The standard InChI is InChI=1S/C24H30N4O3S/c1-18-7-8-21(32-18)24(31)28-15-13-26(14-16-28)17-22(29)27-11-9-19(10-12-27)23(30)25-20-5-3-2-4-6-20/h2-8,19H,9-17H2,1H3,(H,25,30). The van der Waals surface area contributed by atoms with Gasteiger partial charge in [-0.25, -0.2) is 0 Å². The molecule has 0 spiro atoms. The Morgan fingerprint density at radius 1 is 0.906 bits per heavy atom. The summed E-state index contributed by atoms with van der Waals surface area (Å²) in [6.45, 7) is 6.31. The fourth-order valence-corrected chi connectivity index (χ4v) is 5.10. The molecule has 2 aliphatic heterocycles. The first-order chi connectivity index (χ1) is 15.5. The number of nitrogens with one attached hydrogen (secondary N) is 1. The fraction of sp³-hybridized carbons (Fsp3) is 0.458. The van der Waals surface area contributed by atoms with E-state index in [1.807, 2.05) is 59.2 Å². The summed E-state index contributed by atoms with van der Waals surface area (Å²) in [5.41, 5.74) is 0.808. The van der Waals surface area contributed by atoms with E-state index in [0.29, 0.717) is 58.7 Å². The molecule has 0 saturated carbocycles. The van der Waals surface area contributed by atoms with Gasteiger partial charge in [-0.1, -0.05) is 18.2 Å². The average Bonchev–Trinajstić information content (AvgIpc) is 3.26. The number of anilines is 1. The molecule has 1 aromatic carbocycles. The number of amides is 3. The summed E-state index contributed by atoms with van der Waals surface area (Å²) in [7, 11) is 0. The third kappa shape index (κ3) is 5.55. The van der Waals surface area contributed by atoms with Crippen molar-refractivity contribution >= 4 is 34.7 Å². The molecule has 1 N–H and O–H groups in total. The minimum Gasteiger partial charge on any atom is -0.342 e. The Balaban J connectivity index is 1.18. The van der Waals surface area contributed by atoms with Gasteiger partial charge in [-0.3, -0.25) is 19.3 Å². The quantitative estimate of drug-likeness (QED) is 0.754. The molecule has 3 amide bonds. The molecule has 0 unspecified atom stereocenters. The molecule has 2 fully saturated rings. The molecule has 7 nitrogen and oxygen atoms in total. The summed E-state index contributed by atoms with van der Waals surface area (Å²) in [6, 6.07) is 13.3. The average molecular weight is 455 g/mol. The number of benzene rings is 1. The number of carbonyl (C=O) groups is 3. The van der Waals surface area contributed by atoms with E-state index in [1.165, 1.54) is 11.3 Å². The molecular formula is C24H30N4O3S. The summed E-state index contributed by atoms with van der Waals surface area (Å²) >= 11 is 1.53. The van der Waals surface area contributed by atoms with E-state index in [1.54, 1.807) is 0 Å². The Kier molecular flexibility index (Phi) is 7.22. The molecule has 2 saturated heterocycles. The van der Waals surface area contributed by atoms with Gasteiger partial charge in [-0.05, 0) is 44.0 Å². The normalized spacial score (nSPS) is 17.9. The van der Waals surface area contributed by atoms with Crippen LogP contribution in [0.15, 0.2) is 42.5 Å². The summed E-state index contributed by atoms with van der Waals surface area (Å²) < 4.78 is 0. The molecule has 2 aromatic rings. The predicted molar refractivity (Wildman–Crippen MR) is 126 cm³/mol. The van der Waals surface area contributed by atoms with Crippen LogP contribution in [0.25, 0.3) is 0 Å². The number of para-hydroxylation sites is 1. The van der Waals surface area contributed by atoms with Crippen molar-refractivity contribution in [3.05, 3.63) is 52.2 Å². The Morgan fingerprint density at radius 3 is 2.22 bits per heavy atom. The lowest BCUT2D eigenvalue weighted by Gasteiger charge is -2.36. The summed E-state index contributed by atoms with van der Waals surface area (Å²) in [4.78, 5) is 45.7. The highest BCUT2D eigenvalue weighted by Gasteiger charge is 2.29. The van der Waals surface area contributed by atoms with E-state index in [9.17, 15) is 14.4 Å². The molecule has 1 aromatic heterocycles. The second kappa shape index (κ2) is 10.3. The molecular weight excluding hydrogens is 424 g/mol. The van der Waals surface area contributed by atoms with Crippen molar-refractivity contribution in [2.24, 2.45) is 5.92 Å². The number of hydrogen-bond donors (Lipinski definition) is 1. The third-order valence-corrected chi connectivity index (χ3v) is 7.22. The second-order valence-corrected chi connectivity index (χ2v) is 9.78. The van der Waals surface area contributed by atoms with Crippen molar-refractivity contribution in [2.75, 3.05) is 51.1 Å². The molecule has 4 rings (SSSR count). The van der Waals surface area contributed by atoms with E-state index in [-0.39, 0.29) is 23.6 Å². The van der Waals surface area contributed by atoms with Crippen LogP contribution < -0.4 is 5.32 Å². The van der Waals surface area contributed by atoms with Gasteiger partial charge in [-0.15, -0.1) is 11.3 Å². The van der Waals surface area contributed by atoms with Crippen molar-refractivity contribution in [3.63, 3.8) is 0 Å². The van der Waals surface area contributed by atoms with Crippen LogP contribution >= 0.6 is 11.3 Å². The topological polar surface area (TPSA) is 73.0 Å². The van der Waals surface area contributed by atoms with Crippen molar-refractivity contribution < 1.29 is 14.4 Å². The Bertz CT molecular complexity index is 945.